The second-order valence-corrected chi connectivity index (χ2v) is 10.3. The average molecular weight is 627 g/mol. The van der Waals surface area contributed by atoms with Gasteiger partial charge in [0, 0.05) is 16.9 Å². The molecule has 0 fully saturated rings. The summed E-state index contributed by atoms with van der Waals surface area (Å²) in [6.07, 6.45) is 6.10. The number of carboxylic acid groups (broad SMARTS) is 1. The number of carbonyl (C=O) groups is 2. The summed E-state index contributed by atoms with van der Waals surface area (Å²) in [5.74, 6) is -0.878. The molecule has 0 bridgehead atoms. The van der Waals surface area contributed by atoms with Gasteiger partial charge in [0.15, 0.2) is 5.65 Å². The Hall–Kier alpha value is -4.67. The van der Waals surface area contributed by atoms with E-state index in [4.69, 9.17) is 9.47 Å². The first-order chi connectivity index (χ1) is 20.4. The number of fused-ring (bicyclic) bond motifs is 1. The van der Waals surface area contributed by atoms with Crippen LogP contribution in [0.5, 0.6) is 5.75 Å². The molecule has 1 atom stereocenters. The molecule has 5 rings (SSSR count). The minimum atomic E-state index is -1.12. The number of hydrogen-bond acceptors (Lipinski definition) is 7. The normalized spacial score (nSPS) is 12.0. The lowest BCUT2D eigenvalue weighted by Gasteiger charge is -2.15. The molecule has 212 valence electrons. The van der Waals surface area contributed by atoms with Crippen molar-refractivity contribution in [1.82, 2.24) is 19.7 Å². The van der Waals surface area contributed by atoms with Crippen molar-refractivity contribution in [3.8, 4) is 5.75 Å². The molecule has 0 saturated heterocycles. The molecule has 0 aliphatic rings. The summed E-state index contributed by atoms with van der Waals surface area (Å²) in [7, 11) is 0. The Balaban J connectivity index is 1.22. The Bertz CT molecular complexity index is 1740. The molecule has 2 aromatic carbocycles. The monoisotopic (exact) mass is 626 g/mol. The van der Waals surface area contributed by atoms with Crippen LogP contribution >= 0.6 is 15.9 Å². The van der Waals surface area contributed by atoms with Crippen molar-refractivity contribution in [2.45, 2.75) is 26.2 Å². The Morgan fingerprint density at radius 1 is 1.05 bits per heavy atom. The number of halogens is 1. The fourth-order valence-corrected chi connectivity index (χ4v) is 4.71. The van der Waals surface area contributed by atoms with Crippen LogP contribution in [0, 0.1) is 6.92 Å². The molecule has 0 radical (unpaired) electrons. The number of hydrogen-bond donors (Lipinski definition) is 1. The van der Waals surface area contributed by atoms with Crippen molar-refractivity contribution in [3.63, 3.8) is 0 Å². The van der Waals surface area contributed by atoms with Gasteiger partial charge < -0.3 is 14.6 Å². The second kappa shape index (κ2) is 13.3. The number of pyridine rings is 2. The third-order valence-electron chi connectivity index (χ3n) is 6.36. The fourth-order valence-electron chi connectivity index (χ4n) is 4.20. The van der Waals surface area contributed by atoms with E-state index in [1.54, 1.807) is 53.5 Å². The Morgan fingerprint density at radius 3 is 2.62 bits per heavy atom. The third kappa shape index (κ3) is 6.96. The van der Waals surface area contributed by atoms with Gasteiger partial charge in [-0.05, 0) is 60.0 Å². The largest absolute Gasteiger partial charge is 0.478 e. The minimum absolute atomic E-state index is 0.103. The summed E-state index contributed by atoms with van der Waals surface area (Å²) in [5.41, 5.74) is 4.04. The molecule has 3 aromatic heterocycles. The highest BCUT2D eigenvalue weighted by molar-refractivity contribution is 9.10. The lowest BCUT2D eigenvalue weighted by atomic mass is 10.1. The van der Waals surface area contributed by atoms with E-state index < -0.39 is 12.1 Å². The lowest BCUT2D eigenvalue weighted by Crippen LogP contribution is -2.32. The van der Waals surface area contributed by atoms with Gasteiger partial charge in [-0.1, -0.05) is 64.5 Å². The van der Waals surface area contributed by atoms with Crippen LogP contribution in [0.1, 0.15) is 32.9 Å². The predicted molar refractivity (Wildman–Crippen MR) is 161 cm³/mol. The van der Waals surface area contributed by atoms with Crippen LogP contribution in [-0.2, 0) is 22.7 Å². The van der Waals surface area contributed by atoms with E-state index in [0.29, 0.717) is 34.7 Å². The van der Waals surface area contributed by atoms with Gasteiger partial charge >= 0.3 is 5.97 Å². The average Bonchev–Trinajstić information content (AvgIpc) is 3.36. The number of nitrogens with zero attached hydrogens (tertiary/aromatic N) is 4. The maximum atomic E-state index is 13.1. The fraction of sp³-hybridized carbons (Fsp3) is 0.156. The second-order valence-electron chi connectivity index (χ2n) is 9.48. The van der Waals surface area contributed by atoms with Gasteiger partial charge in [0.25, 0.3) is 0 Å². The molecule has 0 amide bonds. The van der Waals surface area contributed by atoms with Gasteiger partial charge in [0.05, 0.1) is 25.1 Å². The number of carbonyl (C=O) groups excluding carboxylic acids is 1. The first kappa shape index (κ1) is 28.8. The maximum Gasteiger partial charge on any atom is 0.347 e. The molecular weight excluding hydrogens is 600 g/mol. The van der Waals surface area contributed by atoms with Crippen molar-refractivity contribution >= 4 is 44.8 Å². The van der Waals surface area contributed by atoms with Gasteiger partial charge in [-0.2, -0.15) is 5.10 Å². The third-order valence-corrected chi connectivity index (χ3v) is 7.09. The lowest BCUT2D eigenvalue weighted by molar-refractivity contribution is -0.148. The topological polar surface area (TPSA) is 116 Å². The molecule has 9 nitrogen and oxygen atoms in total. The zero-order chi connectivity index (χ0) is 29.5. The molecule has 1 N–H and O–H groups in total. The van der Waals surface area contributed by atoms with E-state index in [2.05, 4.69) is 31.0 Å². The van der Waals surface area contributed by atoms with Gasteiger partial charge in [-0.15, -0.1) is 0 Å². The maximum absolute atomic E-state index is 13.1. The molecule has 3 heterocycles. The summed E-state index contributed by atoms with van der Waals surface area (Å²) in [5, 5.41) is 14.7. The molecule has 5 aromatic rings. The van der Waals surface area contributed by atoms with Crippen LogP contribution in [-0.4, -0.2) is 49.3 Å². The van der Waals surface area contributed by atoms with Crippen molar-refractivity contribution in [3.05, 3.63) is 124 Å². The van der Waals surface area contributed by atoms with E-state index in [9.17, 15) is 14.7 Å². The molecule has 0 aliphatic heterocycles. The van der Waals surface area contributed by atoms with Crippen LogP contribution in [0.4, 0.5) is 0 Å². The zero-order valence-electron chi connectivity index (χ0n) is 22.7. The molecular formula is C32H27BrN4O5. The molecule has 0 aliphatic carbocycles. The van der Waals surface area contributed by atoms with Crippen LogP contribution in [0.3, 0.4) is 0 Å². The number of ketones is 1. The standard InChI is InChI=1S/C32H27BrN4O5/c1-21-11-14-27(35-18-21)30(38)29-25-10-5-15-34-31(25)37(36-29)16-6-7-22-12-13-23(26(33)17-22)19-41-20-28(32(39)40)42-24-8-3-2-4-9-24/h2-15,17-18,28H,16,19-20H2,1H3,(H,39,40)/t28-/m1/s1. The summed E-state index contributed by atoms with van der Waals surface area (Å²) < 4.78 is 13.7. The number of ether oxygens (including phenoxy) is 2. The van der Waals surface area contributed by atoms with E-state index in [0.717, 1.165) is 21.2 Å². The first-order valence-electron chi connectivity index (χ1n) is 13.1. The van der Waals surface area contributed by atoms with E-state index in [1.807, 2.05) is 55.5 Å². The number of aryl methyl sites for hydroxylation is 1. The van der Waals surface area contributed by atoms with Crippen molar-refractivity contribution in [2.24, 2.45) is 0 Å². The minimum Gasteiger partial charge on any atom is -0.478 e. The van der Waals surface area contributed by atoms with E-state index >= 15 is 0 Å². The van der Waals surface area contributed by atoms with Crippen LogP contribution in [0.2, 0.25) is 0 Å². The highest BCUT2D eigenvalue weighted by Gasteiger charge is 2.21. The number of aliphatic carboxylic acids is 1. The van der Waals surface area contributed by atoms with Crippen molar-refractivity contribution < 1.29 is 24.2 Å². The predicted octanol–water partition coefficient (Wildman–Crippen LogP) is 5.89. The number of aromatic nitrogens is 4. The quantitative estimate of drug-likeness (QED) is 0.170. The number of allylic oxidation sites excluding steroid dienone is 1. The van der Waals surface area contributed by atoms with Crippen LogP contribution < -0.4 is 4.74 Å². The molecule has 0 saturated carbocycles. The van der Waals surface area contributed by atoms with E-state index in [1.165, 1.54) is 0 Å². The van der Waals surface area contributed by atoms with Gasteiger partial charge in [-0.25, -0.2) is 14.5 Å². The zero-order valence-corrected chi connectivity index (χ0v) is 24.3. The Morgan fingerprint density at radius 2 is 1.88 bits per heavy atom. The van der Waals surface area contributed by atoms with Gasteiger partial charge in [-0.3, -0.25) is 9.78 Å². The van der Waals surface area contributed by atoms with E-state index in [-0.39, 0.29) is 19.0 Å². The van der Waals surface area contributed by atoms with Crippen molar-refractivity contribution in [1.29, 1.82) is 0 Å². The van der Waals surface area contributed by atoms with Crippen LogP contribution in [0.15, 0.2) is 95.7 Å². The summed E-state index contributed by atoms with van der Waals surface area (Å²) in [4.78, 5) is 33.4. The first-order valence-corrected chi connectivity index (χ1v) is 13.9. The highest BCUT2D eigenvalue weighted by Crippen LogP contribution is 2.22. The summed E-state index contributed by atoms with van der Waals surface area (Å²) in [6, 6.07) is 21.7. The number of para-hydroxylation sites is 1. The molecule has 42 heavy (non-hydrogen) atoms. The highest BCUT2D eigenvalue weighted by atomic mass is 79.9. The smallest absolute Gasteiger partial charge is 0.347 e. The number of carboxylic acids is 1. The summed E-state index contributed by atoms with van der Waals surface area (Å²) >= 11 is 3.58. The van der Waals surface area contributed by atoms with Gasteiger partial charge in [0.2, 0.25) is 11.9 Å². The molecule has 0 unspecified atom stereocenters. The van der Waals surface area contributed by atoms with Gasteiger partial charge in [0.1, 0.15) is 17.1 Å². The summed E-state index contributed by atoms with van der Waals surface area (Å²) in [6.45, 7) is 2.43. The SMILES string of the molecule is Cc1ccc(C(=O)c2nn(CC=Cc3ccc(COC[C@@H](Oc4ccccc4)C(=O)O)c(Br)c3)c3ncccc23)nc1. The molecule has 10 heteroatoms. The number of rotatable bonds is 12. The van der Waals surface area contributed by atoms with Crippen LogP contribution in [0.25, 0.3) is 17.1 Å². The van der Waals surface area contributed by atoms with Crippen molar-refractivity contribution in [2.75, 3.05) is 6.61 Å². The number of benzene rings is 2. The Labute approximate surface area is 250 Å². The molecule has 0 spiro atoms. The Kier molecular flexibility index (Phi) is 9.15.